The van der Waals surface area contributed by atoms with E-state index < -0.39 is 6.04 Å². The third-order valence-electron chi connectivity index (χ3n) is 1.83. The fourth-order valence-corrected chi connectivity index (χ4v) is 0.966. The molecule has 4 heteroatoms. The molecule has 0 spiro atoms. The van der Waals surface area contributed by atoms with Crippen LogP contribution in [0.15, 0.2) is 0 Å². The first-order valence-corrected chi connectivity index (χ1v) is 4.53. The highest BCUT2D eigenvalue weighted by molar-refractivity contribution is 5.87. The lowest BCUT2D eigenvalue weighted by Crippen LogP contribution is -2.48. The van der Waals surface area contributed by atoms with Gasteiger partial charge in [0.1, 0.15) is 6.04 Å². The first kappa shape index (κ1) is 11.9. The van der Waals surface area contributed by atoms with Crippen LogP contribution in [0.4, 0.5) is 0 Å². The monoisotopic (exact) mass is 186 g/mol. The van der Waals surface area contributed by atoms with Crippen molar-refractivity contribution in [2.24, 2.45) is 5.92 Å². The predicted octanol–water partition coefficient (Wildman–Crippen LogP) is 0.283. The highest BCUT2D eigenvalue weighted by Gasteiger charge is 2.21. The number of carbonyl (C=O) groups excluding carboxylic acids is 2. The van der Waals surface area contributed by atoms with E-state index in [0.717, 1.165) is 0 Å². The number of rotatable bonds is 4. The van der Waals surface area contributed by atoms with Crippen molar-refractivity contribution in [3.05, 3.63) is 0 Å². The van der Waals surface area contributed by atoms with Gasteiger partial charge < -0.3 is 10.6 Å². The van der Waals surface area contributed by atoms with Gasteiger partial charge in [0, 0.05) is 13.5 Å². The molecule has 0 aromatic carbocycles. The normalized spacial score (nSPS) is 12.4. The Morgan fingerprint density at radius 1 is 1.31 bits per heavy atom. The molecule has 0 aliphatic heterocycles. The van der Waals surface area contributed by atoms with Crippen LogP contribution in [0.2, 0.25) is 0 Å². The molecule has 4 nitrogen and oxygen atoms in total. The van der Waals surface area contributed by atoms with Crippen molar-refractivity contribution in [2.45, 2.75) is 33.2 Å². The van der Waals surface area contributed by atoms with E-state index in [1.165, 1.54) is 0 Å². The fraction of sp³-hybridized carbons (Fsp3) is 0.778. The lowest BCUT2D eigenvalue weighted by Gasteiger charge is -2.20. The third-order valence-corrected chi connectivity index (χ3v) is 1.83. The molecular weight excluding hydrogens is 168 g/mol. The van der Waals surface area contributed by atoms with Crippen LogP contribution in [0, 0.1) is 5.92 Å². The molecule has 0 radical (unpaired) electrons. The van der Waals surface area contributed by atoms with Gasteiger partial charge in [-0.15, -0.1) is 0 Å². The summed E-state index contributed by atoms with van der Waals surface area (Å²) >= 11 is 0. The van der Waals surface area contributed by atoms with Crippen LogP contribution >= 0.6 is 0 Å². The van der Waals surface area contributed by atoms with E-state index in [1.807, 2.05) is 13.8 Å². The first-order valence-electron chi connectivity index (χ1n) is 4.53. The van der Waals surface area contributed by atoms with E-state index in [9.17, 15) is 9.59 Å². The minimum atomic E-state index is -0.419. The van der Waals surface area contributed by atoms with Crippen LogP contribution in [0.25, 0.3) is 0 Å². The Morgan fingerprint density at radius 3 is 2.15 bits per heavy atom. The van der Waals surface area contributed by atoms with E-state index in [1.54, 1.807) is 14.0 Å². The van der Waals surface area contributed by atoms with Crippen LogP contribution in [-0.4, -0.2) is 24.9 Å². The Hall–Kier alpha value is -1.06. The molecule has 0 unspecified atom stereocenters. The number of carbonyl (C=O) groups is 2. The van der Waals surface area contributed by atoms with Crippen molar-refractivity contribution >= 4 is 11.8 Å². The van der Waals surface area contributed by atoms with Crippen molar-refractivity contribution in [1.29, 1.82) is 0 Å². The van der Waals surface area contributed by atoms with Crippen LogP contribution < -0.4 is 10.6 Å². The van der Waals surface area contributed by atoms with Gasteiger partial charge in [-0.05, 0) is 5.92 Å². The Morgan fingerprint density at radius 2 is 1.85 bits per heavy atom. The summed E-state index contributed by atoms with van der Waals surface area (Å²) < 4.78 is 0. The van der Waals surface area contributed by atoms with Gasteiger partial charge in [-0.2, -0.15) is 0 Å². The molecule has 0 fully saturated rings. The molecule has 0 aliphatic rings. The average Bonchev–Trinajstić information content (AvgIpc) is 2.11. The smallest absolute Gasteiger partial charge is 0.242 e. The molecule has 0 heterocycles. The summed E-state index contributed by atoms with van der Waals surface area (Å²) in [6.07, 6.45) is 0.403. The van der Waals surface area contributed by atoms with Crippen molar-refractivity contribution in [3.8, 4) is 0 Å². The molecule has 0 aromatic heterocycles. The minimum absolute atomic E-state index is 0.0951. The van der Waals surface area contributed by atoms with Crippen molar-refractivity contribution < 1.29 is 9.59 Å². The summed E-state index contributed by atoms with van der Waals surface area (Å²) in [5, 5.41) is 5.19. The van der Waals surface area contributed by atoms with Gasteiger partial charge in [-0.1, -0.05) is 20.8 Å². The fourth-order valence-electron chi connectivity index (χ4n) is 0.966. The van der Waals surface area contributed by atoms with Crippen molar-refractivity contribution in [2.75, 3.05) is 7.05 Å². The Kier molecular flexibility index (Phi) is 5.11. The van der Waals surface area contributed by atoms with Gasteiger partial charge in [0.05, 0.1) is 0 Å². The van der Waals surface area contributed by atoms with Gasteiger partial charge in [-0.25, -0.2) is 0 Å². The number of hydrogen-bond donors (Lipinski definition) is 2. The highest BCUT2D eigenvalue weighted by atomic mass is 16.2. The highest BCUT2D eigenvalue weighted by Crippen LogP contribution is 2.01. The number of likely N-dealkylation sites (N-methyl/N-ethyl adjacent to an activating group) is 1. The summed E-state index contributed by atoms with van der Waals surface area (Å²) in [7, 11) is 1.57. The first-order chi connectivity index (χ1) is 6.02. The van der Waals surface area contributed by atoms with E-state index in [2.05, 4.69) is 10.6 Å². The molecule has 76 valence electrons. The van der Waals surface area contributed by atoms with Crippen LogP contribution in [0.1, 0.15) is 27.2 Å². The maximum atomic E-state index is 11.3. The summed E-state index contributed by atoms with van der Waals surface area (Å²) in [6, 6.07) is -0.419. The second-order valence-corrected chi connectivity index (χ2v) is 3.26. The summed E-state index contributed by atoms with van der Waals surface area (Å²) in [4.78, 5) is 22.3. The minimum Gasteiger partial charge on any atom is -0.357 e. The zero-order valence-electron chi connectivity index (χ0n) is 8.68. The lowest BCUT2D eigenvalue weighted by molar-refractivity contribution is -0.129. The quantitative estimate of drug-likeness (QED) is 0.662. The number of hydrogen-bond acceptors (Lipinski definition) is 2. The van der Waals surface area contributed by atoms with Gasteiger partial charge >= 0.3 is 0 Å². The predicted molar refractivity (Wildman–Crippen MR) is 51.1 cm³/mol. The molecule has 13 heavy (non-hydrogen) atoms. The Labute approximate surface area is 79.1 Å². The average molecular weight is 186 g/mol. The zero-order valence-corrected chi connectivity index (χ0v) is 8.68. The van der Waals surface area contributed by atoms with Crippen LogP contribution in [0.3, 0.4) is 0 Å². The van der Waals surface area contributed by atoms with Crippen molar-refractivity contribution in [3.63, 3.8) is 0 Å². The lowest BCUT2D eigenvalue weighted by atomic mass is 10.0. The van der Waals surface area contributed by atoms with E-state index in [4.69, 9.17) is 0 Å². The molecule has 0 saturated heterocycles. The molecule has 2 amide bonds. The second-order valence-electron chi connectivity index (χ2n) is 3.26. The van der Waals surface area contributed by atoms with Gasteiger partial charge in [0.15, 0.2) is 0 Å². The summed E-state index contributed by atoms with van der Waals surface area (Å²) in [5.74, 6) is -0.130. The molecule has 0 bridgehead atoms. The Bertz CT molecular complexity index is 190. The van der Waals surface area contributed by atoms with Gasteiger partial charge in [-0.3, -0.25) is 9.59 Å². The van der Waals surface area contributed by atoms with Gasteiger partial charge in [0.2, 0.25) is 11.8 Å². The molecule has 0 saturated carbocycles. The Balaban J connectivity index is 4.26. The molecule has 2 N–H and O–H groups in total. The van der Waals surface area contributed by atoms with E-state index in [0.29, 0.717) is 6.42 Å². The zero-order chi connectivity index (χ0) is 10.4. The summed E-state index contributed by atoms with van der Waals surface area (Å²) in [5.41, 5.74) is 0. The van der Waals surface area contributed by atoms with E-state index >= 15 is 0 Å². The molecule has 0 rings (SSSR count). The van der Waals surface area contributed by atoms with E-state index in [-0.39, 0.29) is 17.7 Å². The number of amides is 2. The molecular formula is C9H18N2O2. The summed E-state index contributed by atoms with van der Waals surface area (Å²) in [6.45, 7) is 5.56. The second kappa shape index (κ2) is 5.56. The SMILES string of the molecule is CCC(=O)N[C@H](C(=O)NC)C(C)C. The van der Waals surface area contributed by atoms with Crippen LogP contribution in [-0.2, 0) is 9.59 Å². The molecule has 0 aromatic rings. The molecule has 0 aliphatic carbocycles. The topological polar surface area (TPSA) is 58.2 Å². The van der Waals surface area contributed by atoms with Gasteiger partial charge in [0.25, 0.3) is 0 Å². The molecule has 1 atom stereocenters. The largest absolute Gasteiger partial charge is 0.357 e. The standard InChI is InChI=1S/C9H18N2O2/c1-5-7(12)11-8(6(2)3)9(13)10-4/h6,8H,5H2,1-4H3,(H,10,13)(H,11,12)/t8-/m0/s1. The maximum Gasteiger partial charge on any atom is 0.242 e. The van der Waals surface area contributed by atoms with Crippen molar-refractivity contribution in [1.82, 2.24) is 10.6 Å². The third kappa shape index (κ3) is 3.92. The number of nitrogens with one attached hydrogen (secondary N) is 2. The van der Waals surface area contributed by atoms with Crippen LogP contribution in [0.5, 0.6) is 0 Å². The maximum absolute atomic E-state index is 11.3.